The van der Waals surface area contributed by atoms with Crippen molar-refractivity contribution >= 4 is 50.8 Å². The monoisotopic (exact) mass is 626 g/mol. The van der Waals surface area contributed by atoms with Gasteiger partial charge in [0.1, 0.15) is 0 Å². The zero-order valence-corrected chi connectivity index (χ0v) is 26.8. The Morgan fingerprint density at radius 3 is 1.38 bits per heavy atom. The molecule has 1 N–H and O–H groups in total. The van der Waals surface area contributed by atoms with Crippen LogP contribution < -0.4 is 26.0 Å². The molecule has 0 saturated heterocycles. The summed E-state index contributed by atoms with van der Waals surface area (Å²) in [5.41, 5.74) is 3.48. The fourth-order valence-corrected chi connectivity index (χ4v) is 13.8. The Bertz CT molecular complexity index is 1300. The second-order valence-electron chi connectivity index (χ2n) is 9.75. The maximum atomic E-state index is 10.9. The van der Waals surface area contributed by atoms with Crippen molar-refractivity contribution in [1.29, 1.82) is 0 Å². The zero-order valence-electron chi connectivity index (χ0n) is 23.3. The summed E-state index contributed by atoms with van der Waals surface area (Å²) in [6.07, 6.45) is 0.101. The SMILES string of the molecule is CO[Si](COc1ccc(O)cc1P(Br)(c1ccc(C)cc1)(c1ccc(C)cc1)c1ccc(C)cc1)(OC)OC. The molecule has 0 amide bonds. The van der Waals surface area contributed by atoms with Gasteiger partial charge < -0.3 is 0 Å². The summed E-state index contributed by atoms with van der Waals surface area (Å²) < 4.78 is 23.4. The summed E-state index contributed by atoms with van der Waals surface area (Å²) in [5, 5.41) is 11.3. The molecule has 0 aliphatic heterocycles. The minimum atomic E-state index is -3.69. The molecule has 5 nitrogen and oxygen atoms in total. The molecule has 0 unspecified atom stereocenters. The first-order valence-corrected chi connectivity index (χ1v) is 18.9. The van der Waals surface area contributed by atoms with Crippen LogP contribution >= 0.6 is 20.8 Å². The number of benzene rings is 4. The van der Waals surface area contributed by atoms with Gasteiger partial charge in [0.2, 0.25) is 0 Å². The maximum absolute atomic E-state index is 10.9. The molecule has 0 radical (unpaired) electrons. The fraction of sp³-hybridized carbons (Fsp3) is 0.226. The first-order valence-electron chi connectivity index (χ1n) is 12.7. The van der Waals surface area contributed by atoms with Crippen molar-refractivity contribution in [1.82, 2.24) is 0 Å². The third-order valence-corrected chi connectivity index (χ3v) is 19.5. The Balaban J connectivity index is 2.14. The van der Waals surface area contributed by atoms with Crippen LogP contribution in [0.1, 0.15) is 16.7 Å². The molecular weight excluding hydrogens is 591 g/mol. The van der Waals surface area contributed by atoms with E-state index in [1.807, 2.05) is 12.1 Å². The first-order chi connectivity index (χ1) is 18.6. The molecule has 0 aromatic heterocycles. The van der Waals surface area contributed by atoms with Crippen LogP contribution in [0.2, 0.25) is 0 Å². The van der Waals surface area contributed by atoms with Gasteiger partial charge in [-0.05, 0) is 0 Å². The van der Waals surface area contributed by atoms with Gasteiger partial charge in [-0.1, -0.05) is 0 Å². The van der Waals surface area contributed by atoms with Crippen LogP contribution in [0.15, 0.2) is 91.0 Å². The van der Waals surface area contributed by atoms with Crippen molar-refractivity contribution in [3.05, 3.63) is 108 Å². The van der Waals surface area contributed by atoms with E-state index in [0.717, 1.165) is 37.9 Å². The van der Waals surface area contributed by atoms with Gasteiger partial charge in [0.05, 0.1) is 0 Å². The third-order valence-electron chi connectivity index (χ3n) is 7.29. The fourth-order valence-electron chi connectivity index (χ4n) is 4.89. The second-order valence-corrected chi connectivity index (χ2v) is 20.9. The van der Waals surface area contributed by atoms with E-state index in [1.54, 1.807) is 27.4 Å². The van der Waals surface area contributed by atoms with E-state index in [2.05, 4.69) is 109 Å². The zero-order chi connectivity index (χ0) is 28.3. The van der Waals surface area contributed by atoms with Crippen molar-refractivity contribution in [2.45, 2.75) is 20.8 Å². The Morgan fingerprint density at radius 2 is 1.03 bits per heavy atom. The molecule has 0 aliphatic carbocycles. The Labute approximate surface area is 240 Å². The van der Waals surface area contributed by atoms with Gasteiger partial charge in [-0.2, -0.15) is 0 Å². The molecule has 0 spiro atoms. The van der Waals surface area contributed by atoms with E-state index in [-0.39, 0.29) is 12.0 Å². The van der Waals surface area contributed by atoms with Crippen LogP contribution in [0.25, 0.3) is 0 Å². The summed E-state index contributed by atoms with van der Waals surface area (Å²) in [6, 6.07) is 31.1. The van der Waals surface area contributed by atoms with Gasteiger partial charge in [0.25, 0.3) is 0 Å². The first kappa shape index (κ1) is 29.5. The number of hydrogen-bond donors (Lipinski definition) is 1. The van der Waals surface area contributed by atoms with Gasteiger partial charge in [-0.15, -0.1) is 0 Å². The molecule has 39 heavy (non-hydrogen) atoms. The second kappa shape index (κ2) is 11.5. The molecule has 0 aliphatic rings. The topological polar surface area (TPSA) is 57.2 Å². The van der Waals surface area contributed by atoms with E-state index in [0.29, 0.717) is 5.75 Å². The van der Waals surface area contributed by atoms with E-state index in [4.69, 9.17) is 18.0 Å². The van der Waals surface area contributed by atoms with Gasteiger partial charge in [-0.3, -0.25) is 0 Å². The molecule has 4 rings (SSSR count). The van der Waals surface area contributed by atoms with E-state index >= 15 is 0 Å². The molecule has 0 heterocycles. The average molecular weight is 628 g/mol. The number of aromatic hydroxyl groups is 1. The van der Waals surface area contributed by atoms with E-state index < -0.39 is 14.1 Å². The Morgan fingerprint density at radius 1 is 0.641 bits per heavy atom. The van der Waals surface area contributed by atoms with Crippen molar-refractivity contribution in [2.75, 3.05) is 27.6 Å². The van der Waals surface area contributed by atoms with Gasteiger partial charge in [0, 0.05) is 0 Å². The molecule has 0 fully saturated rings. The van der Waals surface area contributed by atoms with Crippen LogP contribution in [-0.2, 0) is 13.3 Å². The summed E-state index contributed by atoms with van der Waals surface area (Å²) in [7, 11) is 1.63. The summed E-state index contributed by atoms with van der Waals surface area (Å²) >= 11 is 4.51. The summed E-state index contributed by atoms with van der Waals surface area (Å²) in [5.74, 6) is 0.748. The Hall–Kier alpha value is -2.51. The quantitative estimate of drug-likeness (QED) is 0.184. The number of aryl methyl sites for hydroxylation is 3. The predicted octanol–water partition coefficient (Wildman–Crippen LogP) is 5.58. The predicted molar refractivity (Wildman–Crippen MR) is 168 cm³/mol. The van der Waals surface area contributed by atoms with Crippen LogP contribution in [0.3, 0.4) is 0 Å². The number of phenols is 1. The Kier molecular flexibility index (Phi) is 8.72. The number of halogens is 1. The van der Waals surface area contributed by atoms with Gasteiger partial charge in [-0.25, -0.2) is 0 Å². The number of hydrogen-bond acceptors (Lipinski definition) is 5. The molecule has 206 valence electrons. The molecule has 0 saturated carbocycles. The number of ether oxygens (including phenoxy) is 1. The molecule has 4 aromatic carbocycles. The molecule has 4 aromatic rings. The molecular formula is C31H36BrO5PSi. The molecule has 8 heteroatoms. The van der Waals surface area contributed by atoms with Crippen molar-refractivity contribution < 1.29 is 23.1 Å². The van der Waals surface area contributed by atoms with Crippen LogP contribution in [0.5, 0.6) is 11.5 Å². The summed E-state index contributed by atoms with van der Waals surface area (Å²) in [4.78, 5) is 0. The molecule has 0 bridgehead atoms. The van der Waals surface area contributed by atoms with Crippen LogP contribution in [-0.4, -0.2) is 41.5 Å². The number of phenolic OH excluding ortho intramolecular Hbond substituents is 1. The van der Waals surface area contributed by atoms with Crippen molar-refractivity contribution in [3.63, 3.8) is 0 Å². The van der Waals surface area contributed by atoms with Crippen LogP contribution in [0, 0.1) is 20.8 Å². The third kappa shape index (κ3) is 5.20. The van der Waals surface area contributed by atoms with Crippen molar-refractivity contribution in [3.8, 4) is 11.5 Å². The van der Waals surface area contributed by atoms with Crippen molar-refractivity contribution in [2.24, 2.45) is 0 Å². The average Bonchev–Trinajstić information content (AvgIpc) is 2.95. The number of rotatable bonds is 10. The standard InChI is InChI=1S/C31H36BrO5PSi/c1-23-7-14-27(15-8-23)38(32,28-16-9-24(2)10-17-28,29-18-11-25(3)12-19-29)31-21-26(33)13-20-30(31)37-22-39(34-4,35-5)36-6/h7-21,33H,22H2,1-6H3. The van der Waals surface area contributed by atoms with E-state index in [9.17, 15) is 5.11 Å². The summed E-state index contributed by atoms with van der Waals surface area (Å²) in [6.45, 7) is 6.24. The molecule has 0 atom stereocenters. The minimum absolute atomic E-state index is 0.101. The van der Waals surface area contributed by atoms with Gasteiger partial charge in [0.15, 0.2) is 0 Å². The van der Waals surface area contributed by atoms with Crippen LogP contribution in [0.4, 0.5) is 0 Å². The normalized spacial score (nSPS) is 13.1. The van der Waals surface area contributed by atoms with E-state index in [1.165, 1.54) is 0 Å². The van der Waals surface area contributed by atoms with Gasteiger partial charge >= 0.3 is 241 Å².